The molecule has 0 bridgehead atoms. The summed E-state index contributed by atoms with van der Waals surface area (Å²) >= 11 is 6.05. The Hall–Kier alpha value is -2.73. The van der Waals surface area contributed by atoms with Crippen molar-refractivity contribution >= 4 is 34.6 Å². The Labute approximate surface area is 192 Å². The molecule has 2 aliphatic rings. The highest BCUT2D eigenvalue weighted by Gasteiger charge is 2.33. The number of carbonyl (C=O) groups excluding carboxylic acids is 1. The highest BCUT2D eigenvalue weighted by molar-refractivity contribution is 6.31. The van der Waals surface area contributed by atoms with E-state index in [0.29, 0.717) is 23.6 Å². The van der Waals surface area contributed by atoms with Crippen LogP contribution < -0.4 is 15.0 Å². The molecule has 1 aliphatic carbocycles. The van der Waals surface area contributed by atoms with Crippen LogP contribution in [-0.4, -0.2) is 36.6 Å². The number of hydrogen-bond donors (Lipinski definition) is 1. The molecule has 5 rings (SSSR count). The van der Waals surface area contributed by atoms with Crippen LogP contribution in [0.1, 0.15) is 32.1 Å². The van der Waals surface area contributed by atoms with Crippen LogP contribution in [-0.2, 0) is 4.79 Å². The van der Waals surface area contributed by atoms with Crippen molar-refractivity contribution in [2.24, 2.45) is 11.8 Å². The molecule has 2 fully saturated rings. The van der Waals surface area contributed by atoms with Gasteiger partial charge in [-0.1, -0.05) is 36.2 Å². The lowest BCUT2D eigenvalue weighted by Gasteiger charge is -2.31. The second-order valence-electron chi connectivity index (χ2n) is 8.80. The van der Waals surface area contributed by atoms with Gasteiger partial charge in [-0.3, -0.25) is 4.79 Å². The quantitative estimate of drug-likeness (QED) is 0.565. The maximum absolute atomic E-state index is 13.0. The van der Waals surface area contributed by atoms with E-state index in [2.05, 4.69) is 15.2 Å². The van der Waals surface area contributed by atoms with Gasteiger partial charge in [0.2, 0.25) is 5.91 Å². The second kappa shape index (κ2) is 9.41. The molecule has 2 atom stereocenters. The Morgan fingerprint density at radius 3 is 2.75 bits per heavy atom. The van der Waals surface area contributed by atoms with Crippen LogP contribution in [0.5, 0.6) is 5.75 Å². The van der Waals surface area contributed by atoms with Crippen molar-refractivity contribution in [3.63, 3.8) is 0 Å². The van der Waals surface area contributed by atoms with Crippen LogP contribution in [0.2, 0.25) is 5.02 Å². The smallest absolute Gasteiger partial charge is 0.298 e. The molecule has 1 amide bonds. The van der Waals surface area contributed by atoms with Crippen LogP contribution in [0.3, 0.4) is 0 Å². The van der Waals surface area contributed by atoms with Crippen molar-refractivity contribution in [1.29, 1.82) is 0 Å². The topological polar surface area (TPSA) is 67.6 Å². The molecule has 1 saturated carbocycles. The molecule has 2 heterocycles. The van der Waals surface area contributed by atoms with Crippen LogP contribution in [0, 0.1) is 11.8 Å². The highest BCUT2D eigenvalue weighted by atomic mass is 35.5. The molecule has 168 valence electrons. The van der Waals surface area contributed by atoms with E-state index in [4.69, 9.17) is 20.8 Å². The van der Waals surface area contributed by atoms with Crippen molar-refractivity contribution < 1.29 is 13.9 Å². The zero-order valence-corrected chi connectivity index (χ0v) is 18.8. The number of anilines is 1. The Morgan fingerprint density at radius 1 is 1.12 bits per heavy atom. The normalized spacial score (nSPS) is 21.7. The van der Waals surface area contributed by atoms with Gasteiger partial charge in [-0.2, -0.15) is 4.98 Å². The third-order valence-electron chi connectivity index (χ3n) is 6.67. The highest BCUT2D eigenvalue weighted by Crippen LogP contribution is 2.30. The number of piperidine rings is 1. The van der Waals surface area contributed by atoms with Crippen molar-refractivity contribution in [2.75, 3.05) is 24.6 Å². The molecule has 7 heteroatoms. The lowest BCUT2D eigenvalue weighted by Crippen LogP contribution is -2.45. The Morgan fingerprint density at radius 2 is 1.94 bits per heavy atom. The van der Waals surface area contributed by atoms with Gasteiger partial charge in [-0.05, 0) is 56.0 Å². The average molecular weight is 454 g/mol. The number of hydrogen-bond acceptors (Lipinski definition) is 5. The maximum atomic E-state index is 13.0. The minimum Gasteiger partial charge on any atom is -0.493 e. The van der Waals surface area contributed by atoms with Gasteiger partial charge in [0.15, 0.2) is 5.58 Å². The summed E-state index contributed by atoms with van der Waals surface area (Å²) in [5.74, 6) is 1.45. The first-order valence-electron chi connectivity index (χ1n) is 11.4. The molecular formula is C25H28ClN3O3. The van der Waals surface area contributed by atoms with Gasteiger partial charge in [0.05, 0.1) is 6.61 Å². The van der Waals surface area contributed by atoms with Gasteiger partial charge in [-0.15, -0.1) is 0 Å². The van der Waals surface area contributed by atoms with Crippen molar-refractivity contribution in [1.82, 2.24) is 10.3 Å². The van der Waals surface area contributed by atoms with E-state index in [1.54, 1.807) is 6.07 Å². The first-order chi connectivity index (χ1) is 15.7. The molecule has 1 aliphatic heterocycles. The maximum Gasteiger partial charge on any atom is 0.298 e. The number of benzene rings is 2. The lowest BCUT2D eigenvalue weighted by molar-refractivity contribution is -0.126. The van der Waals surface area contributed by atoms with Gasteiger partial charge < -0.3 is 19.4 Å². The third kappa shape index (κ3) is 4.70. The lowest BCUT2D eigenvalue weighted by atomic mass is 9.95. The van der Waals surface area contributed by atoms with Gasteiger partial charge in [0, 0.05) is 36.0 Å². The van der Waals surface area contributed by atoms with E-state index in [9.17, 15) is 4.79 Å². The number of carbonyl (C=O) groups is 1. The SMILES string of the molecule is O=C(N[C@@H]1CCC[C@@H]1COc1ccccc1)C1CCN(c2nc3cc(Cl)ccc3o2)CC1. The number of aromatic nitrogens is 1. The first-order valence-corrected chi connectivity index (χ1v) is 11.8. The minimum absolute atomic E-state index is 0.0290. The Kier molecular flexibility index (Phi) is 6.21. The summed E-state index contributed by atoms with van der Waals surface area (Å²) in [6, 6.07) is 16.1. The van der Waals surface area contributed by atoms with E-state index in [1.165, 1.54) is 0 Å². The molecule has 1 N–H and O–H groups in total. The zero-order chi connectivity index (χ0) is 21.9. The first kappa shape index (κ1) is 21.1. The molecular weight excluding hydrogens is 426 g/mol. The number of nitrogens with zero attached hydrogens (tertiary/aromatic N) is 2. The fraction of sp³-hybridized carbons (Fsp3) is 0.440. The van der Waals surface area contributed by atoms with Gasteiger partial charge in [0.25, 0.3) is 6.01 Å². The van der Waals surface area contributed by atoms with E-state index < -0.39 is 0 Å². The molecule has 0 spiro atoms. The molecule has 6 nitrogen and oxygen atoms in total. The standard InChI is InChI=1S/C25H28ClN3O3/c26-19-9-10-23-22(15-19)28-25(32-23)29-13-11-17(12-14-29)24(30)27-21-8-4-5-18(21)16-31-20-6-2-1-3-7-20/h1-3,6-7,9-10,15,17-18,21H,4-5,8,11-14,16H2,(H,27,30)/t18-,21-/m1/s1. The number of rotatable bonds is 6. The third-order valence-corrected chi connectivity index (χ3v) is 6.90. The van der Waals surface area contributed by atoms with E-state index >= 15 is 0 Å². The predicted molar refractivity (Wildman–Crippen MR) is 125 cm³/mol. The fourth-order valence-corrected chi connectivity index (χ4v) is 4.97. The van der Waals surface area contributed by atoms with Crippen LogP contribution in [0.25, 0.3) is 11.1 Å². The number of oxazole rings is 1. The molecule has 2 aromatic carbocycles. The van der Waals surface area contributed by atoms with Gasteiger partial charge in [-0.25, -0.2) is 0 Å². The molecule has 1 aromatic heterocycles. The molecule has 0 radical (unpaired) electrons. The largest absolute Gasteiger partial charge is 0.493 e. The summed E-state index contributed by atoms with van der Waals surface area (Å²) in [7, 11) is 0. The number of amides is 1. The number of ether oxygens (including phenoxy) is 1. The van der Waals surface area contributed by atoms with Crippen molar-refractivity contribution in [2.45, 2.75) is 38.1 Å². The summed E-state index contributed by atoms with van der Waals surface area (Å²) in [5, 5.41) is 3.97. The summed E-state index contributed by atoms with van der Waals surface area (Å²) in [6.45, 7) is 2.16. The van der Waals surface area contributed by atoms with E-state index in [0.717, 1.165) is 62.0 Å². The molecule has 3 aromatic rings. The van der Waals surface area contributed by atoms with Gasteiger partial charge in [0.1, 0.15) is 11.3 Å². The fourth-order valence-electron chi connectivity index (χ4n) is 4.80. The van der Waals surface area contributed by atoms with Crippen LogP contribution in [0.15, 0.2) is 52.9 Å². The molecule has 0 unspecified atom stereocenters. The van der Waals surface area contributed by atoms with E-state index in [-0.39, 0.29) is 17.9 Å². The van der Waals surface area contributed by atoms with Crippen molar-refractivity contribution in [3.8, 4) is 5.75 Å². The van der Waals surface area contributed by atoms with Crippen LogP contribution in [0.4, 0.5) is 6.01 Å². The minimum atomic E-state index is 0.0290. The Balaban J connectivity index is 1.13. The van der Waals surface area contributed by atoms with Gasteiger partial charge >= 0.3 is 0 Å². The molecule has 32 heavy (non-hydrogen) atoms. The Bertz CT molecular complexity index is 1060. The summed E-state index contributed by atoms with van der Waals surface area (Å²) in [4.78, 5) is 19.7. The van der Waals surface area contributed by atoms with Crippen LogP contribution >= 0.6 is 11.6 Å². The van der Waals surface area contributed by atoms with Crippen molar-refractivity contribution in [3.05, 3.63) is 53.6 Å². The number of nitrogens with one attached hydrogen (secondary N) is 1. The average Bonchev–Trinajstić information content (AvgIpc) is 3.44. The second-order valence-corrected chi connectivity index (χ2v) is 9.24. The summed E-state index contributed by atoms with van der Waals surface area (Å²) in [5.41, 5.74) is 1.49. The predicted octanol–water partition coefficient (Wildman–Crippen LogP) is 5.06. The number of para-hydroxylation sites is 1. The summed E-state index contributed by atoms with van der Waals surface area (Å²) in [6.07, 6.45) is 4.84. The number of fused-ring (bicyclic) bond motifs is 1. The molecule has 1 saturated heterocycles. The number of halogens is 1. The zero-order valence-electron chi connectivity index (χ0n) is 18.0. The van der Waals surface area contributed by atoms with E-state index in [1.807, 2.05) is 42.5 Å². The summed E-state index contributed by atoms with van der Waals surface area (Å²) < 4.78 is 11.8. The monoisotopic (exact) mass is 453 g/mol.